The summed E-state index contributed by atoms with van der Waals surface area (Å²) in [6.45, 7) is 5.57. The standard InChI is InChI=1S/C19H23N5O2/c1-12-16(13(2)26-23-12)11-24-10-15(25-3)7-18(24)19-21-9-17(22-19)14-5-4-6-20-8-14/h4-6,8-9,15,18H,7,10-11H2,1-3H3,(H,21,22)/t15-,18+/m1/s1. The molecule has 1 aliphatic heterocycles. The van der Waals surface area contributed by atoms with E-state index in [2.05, 4.69) is 25.0 Å². The predicted molar refractivity (Wildman–Crippen MR) is 96.4 cm³/mol. The van der Waals surface area contributed by atoms with Crippen LogP contribution in [0, 0.1) is 13.8 Å². The Kier molecular flexibility index (Phi) is 4.57. The second kappa shape index (κ2) is 7.01. The lowest BCUT2D eigenvalue weighted by Crippen LogP contribution is -2.25. The molecule has 1 saturated heterocycles. The summed E-state index contributed by atoms with van der Waals surface area (Å²) < 4.78 is 11.0. The number of aromatic amines is 1. The molecule has 1 fully saturated rings. The van der Waals surface area contributed by atoms with Crippen molar-refractivity contribution in [3.8, 4) is 11.3 Å². The van der Waals surface area contributed by atoms with E-state index in [0.717, 1.165) is 53.6 Å². The van der Waals surface area contributed by atoms with Crippen molar-refractivity contribution in [2.24, 2.45) is 0 Å². The topological polar surface area (TPSA) is 80.1 Å². The van der Waals surface area contributed by atoms with Crippen molar-refractivity contribution in [2.45, 2.75) is 39.0 Å². The first-order chi connectivity index (χ1) is 12.7. The van der Waals surface area contributed by atoms with Crippen molar-refractivity contribution in [3.63, 3.8) is 0 Å². The minimum Gasteiger partial charge on any atom is -0.380 e. The van der Waals surface area contributed by atoms with E-state index in [-0.39, 0.29) is 12.1 Å². The van der Waals surface area contributed by atoms with E-state index in [0.29, 0.717) is 0 Å². The number of aryl methyl sites for hydroxylation is 2. The molecule has 1 N–H and O–H groups in total. The van der Waals surface area contributed by atoms with Crippen LogP contribution >= 0.6 is 0 Å². The SMILES string of the molecule is CO[C@@H]1C[C@@H](c2ncc(-c3cccnc3)[nH]2)N(Cc2c(C)noc2C)C1. The largest absolute Gasteiger partial charge is 0.380 e. The van der Waals surface area contributed by atoms with Gasteiger partial charge in [-0.2, -0.15) is 0 Å². The fourth-order valence-corrected chi connectivity index (χ4v) is 3.60. The molecule has 0 saturated carbocycles. The van der Waals surface area contributed by atoms with Gasteiger partial charge < -0.3 is 14.2 Å². The quantitative estimate of drug-likeness (QED) is 0.759. The zero-order valence-electron chi connectivity index (χ0n) is 15.3. The van der Waals surface area contributed by atoms with Gasteiger partial charge in [-0.3, -0.25) is 9.88 Å². The van der Waals surface area contributed by atoms with Gasteiger partial charge in [-0.25, -0.2) is 4.98 Å². The molecule has 0 spiro atoms. The smallest absolute Gasteiger partial charge is 0.138 e. The van der Waals surface area contributed by atoms with Crippen LogP contribution in [0.3, 0.4) is 0 Å². The molecule has 3 aromatic heterocycles. The van der Waals surface area contributed by atoms with Gasteiger partial charge in [-0.1, -0.05) is 5.16 Å². The maximum atomic E-state index is 5.63. The summed E-state index contributed by atoms with van der Waals surface area (Å²) in [5.41, 5.74) is 4.10. The van der Waals surface area contributed by atoms with Crippen LogP contribution in [0.5, 0.6) is 0 Å². The van der Waals surface area contributed by atoms with Crippen molar-refractivity contribution in [1.82, 2.24) is 25.0 Å². The van der Waals surface area contributed by atoms with E-state index in [4.69, 9.17) is 9.26 Å². The zero-order valence-corrected chi connectivity index (χ0v) is 15.3. The van der Waals surface area contributed by atoms with Crippen molar-refractivity contribution in [3.05, 3.63) is 53.6 Å². The van der Waals surface area contributed by atoms with Gasteiger partial charge in [0.2, 0.25) is 0 Å². The molecule has 3 aromatic rings. The summed E-state index contributed by atoms with van der Waals surface area (Å²) in [5, 5.41) is 4.08. The maximum absolute atomic E-state index is 5.63. The second-order valence-electron chi connectivity index (χ2n) is 6.77. The second-order valence-corrected chi connectivity index (χ2v) is 6.77. The Morgan fingerprint density at radius 2 is 2.23 bits per heavy atom. The third kappa shape index (κ3) is 3.15. The Bertz CT molecular complexity index is 854. The number of imidazole rings is 1. The van der Waals surface area contributed by atoms with Crippen LogP contribution in [0.1, 0.15) is 35.3 Å². The molecule has 1 aliphatic rings. The average Bonchev–Trinajstić information content (AvgIpc) is 3.37. The molecule has 136 valence electrons. The maximum Gasteiger partial charge on any atom is 0.138 e. The predicted octanol–water partition coefficient (Wildman–Crippen LogP) is 3.04. The Labute approximate surface area is 152 Å². The molecule has 0 unspecified atom stereocenters. The molecule has 0 aromatic carbocycles. The molecule has 0 bridgehead atoms. The van der Waals surface area contributed by atoms with Crippen LogP contribution in [0.25, 0.3) is 11.3 Å². The number of rotatable bonds is 5. The first-order valence-electron chi connectivity index (χ1n) is 8.79. The number of aromatic nitrogens is 4. The van der Waals surface area contributed by atoms with Gasteiger partial charge in [-0.15, -0.1) is 0 Å². The molecular formula is C19H23N5O2. The average molecular weight is 353 g/mol. The van der Waals surface area contributed by atoms with E-state index in [1.807, 2.05) is 38.4 Å². The van der Waals surface area contributed by atoms with E-state index >= 15 is 0 Å². The number of nitrogens with zero attached hydrogens (tertiary/aromatic N) is 4. The highest BCUT2D eigenvalue weighted by Gasteiger charge is 2.35. The number of hydrogen-bond acceptors (Lipinski definition) is 6. The first-order valence-corrected chi connectivity index (χ1v) is 8.79. The fraction of sp³-hybridized carbons (Fsp3) is 0.421. The van der Waals surface area contributed by atoms with Crippen molar-refractivity contribution in [2.75, 3.05) is 13.7 Å². The van der Waals surface area contributed by atoms with E-state index in [1.54, 1.807) is 13.3 Å². The van der Waals surface area contributed by atoms with Crippen LogP contribution < -0.4 is 0 Å². The summed E-state index contributed by atoms with van der Waals surface area (Å²) in [6, 6.07) is 4.12. The zero-order chi connectivity index (χ0) is 18.1. The van der Waals surface area contributed by atoms with Crippen LogP contribution in [0.2, 0.25) is 0 Å². The Morgan fingerprint density at radius 1 is 1.35 bits per heavy atom. The summed E-state index contributed by atoms with van der Waals surface area (Å²) in [5.74, 6) is 1.83. The number of hydrogen-bond donors (Lipinski definition) is 1. The molecular weight excluding hydrogens is 330 g/mol. The molecule has 4 heterocycles. The Morgan fingerprint density at radius 3 is 2.92 bits per heavy atom. The van der Waals surface area contributed by atoms with Crippen molar-refractivity contribution in [1.29, 1.82) is 0 Å². The lowest BCUT2D eigenvalue weighted by molar-refractivity contribution is 0.107. The molecule has 7 nitrogen and oxygen atoms in total. The monoisotopic (exact) mass is 353 g/mol. The molecule has 26 heavy (non-hydrogen) atoms. The number of ether oxygens (including phenoxy) is 1. The number of pyridine rings is 1. The van der Waals surface area contributed by atoms with Gasteiger partial charge in [0.25, 0.3) is 0 Å². The number of likely N-dealkylation sites (tertiary alicyclic amines) is 1. The van der Waals surface area contributed by atoms with Gasteiger partial charge in [-0.05, 0) is 32.4 Å². The summed E-state index contributed by atoms with van der Waals surface area (Å²) in [7, 11) is 1.77. The van der Waals surface area contributed by atoms with E-state index < -0.39 is 0 Å². The fourth-order valence-electron chi connectivity index (χ4n) is 3.60. The molecule has 0 amide bonds. The molecule has 2 atom stereocenters. The van der Waals surface area contributed by atoms with Crippen LogP contribution in [-0.4, -0.2) is 44.8 Å². The summed E-state index contributed by atoms with van der Waals surface area (Å²) in [4.78, 5) is 14.7. The highest BCUT2D eigenvalue weighted by atomic mass is 16.5. The molecule has 0 aliphatic carbocycles. The minimum absolute atomic E-state index is 0.166. The molecule has 7 heteroatoms. The van der Waals surface area contributed by atoms with Crippen LogP contribution in [-0.2, 0) is 11.3 Å². The number of nitrogens with one attached hydrogen (secondary N) is 1. The Hall–Kier alpha value is -2.51. The number of H-pyrrole nitrogens is 1. The Balaban J connectivity index is 1.60. The number of methoxy groups -OCH3 is 1. The van der Waals surface area contributed by atoms with Crippen LogP contribution in [0.15, 0.2) is 35.2 Å². The molecule has 0 radical (unpaired) electrons. The van der Waals surface area contributed by atoms with Gasteiger partial charge in [0.1, 0.15) is 11.6 Å². The van der Waals surface area contributed by atoms with Gasteiger partial charge in [0.15, 0.2) is 0 Å². The van der Waals surface area contributed by atoms with E-state index in [1.165, 1.54) is 0 Å². The summed E-state index contributed by atoms with van der Waals surface area (Å²) in [6.07, 6.45) is 6.57. The third-order valence-corrected chi connectivity index (χ3v) is 5.12. The lowest BCUT2D eigenvalue weighted by atomic mass is 10.1. The lowest BCUT2D eigenvalue weighted by Gasteiger charge is -2.22. The van der Waals surface area contributed by atoms with Crippen molar-refractivity contribution < 1.29 is 9.26 Å². The van der Waals surface area contributed by atoms with Crippen molar-refractivity contribution >= 4 is 0 Å². The van der Waals surface area contributed by atoms with Gasteiger partial charge in [0, 0.05) is 43.7 Å². The normalized spacial score (nSPS) is 20.7. The van der Waals surface area contributed by atoms with Crippen LogP contribution in [0.4, 0.5) is 0 Å². The third-order valence-electron chi connectivity index (χ3n) is 5.12. The minimum atomic E-state index is 0.166. The van der Waals surface area contributed by atoms with Gasteiger partial charge in [0.05, 0.1) is 29.7 Å². The van der Waals surface area contributed by atoms with Gasteiger partial charge >= 0.3 is 0 Å². The highest BCUT2D eigenvalue weighted by Crippen LogP contribution is 2.34. The highest BCUT2D eigenvalue weighted by molar-refractivity contribution is 5.56. The summed E-state index contributed by atoms with van der Waals surface area (Å²) >= 11 is 0. The van der Waals surface area contributed by atoms with E-state index in [9.17, 15) is 0 Å². The first kappa shape index (κ1) is 16.9. The molecule has 4 rings (SSSR count).